The highest BCUT2D eigenvalue weighted by molar-refractivity contribution is 9.10. The Morgan fingerprint density at radius 1 is 1.64 bits per heavy atom. The molecule has 1 heterocycles. The summed E-state index contributed by atoms with van der Waals surface area (Å²) in [6.45, 7) is 0. The molecule has 0 saturated heterocycles. The van der Waals surface area contributed by atoms with Crippen LogP contribution < -0.4 is 5.73 Å². The van der Waals surface area contributed by atoms with Gasteiger partial charge in [0.25, 0.3) is 6.43 Å². The number of nitrogens with two attached hydrogens (primary N) is 1. The van der Waals surface area contributed by atoms with Crippen LogP contribution in [-0.2, 0) is 6.42 Å². The number of anilines is 1. The lowest BCUT2D eigenvalue weighted by molar-refractivity contribution is 0.147. The zero-order valence-corrected chi connectivity index (χ0v) is 8.55. The molecule has 0 spiro atoms. The number of nitrogen functional groups attached to an aromatic ring is 1. The number of alkyl halides is 2. The molecule has 0 unspecified atom stereocenters. The van der Waals surface area contributed by atoms with Gasteiger partial charge in [0.2, 0.25) is 0 Å². The number of rotatable bonds is 2. The molecule has 0 aromatic carbocycles. The molecule has 0 bridgehead atoms. The van der Waals surface area contributed by atoms with E-state index in [0.29, 0.717) is 5.56 Å². The van der Waals surface area contributed by atoms with Crippen LogP contribution in [0, 0.1) is 11.3 Å². The SMILES string of the molecule is N#CCc1cc(N)c(C(F)F)nc1Br. The molecule has 0 atom stereocenters. The molecule has 0 radical (unpaired) electrons. The third kappa shape index (κ3) is 2.17. The van der Waals surface area contributed by atoms with Gasteiger partial charge < -0.3 is 5.73 Å². The van der Waals surface area contributed by atoms with Gasteiger partial charge in [-0.3, -0.25) is 0 Å². The van der Waals surface area contributed by atoms with Crippen LogP contribution in [-0.4, -0.2) is 4.98 Å². The van der Waals surface area contributed by atoms with Crippen molar-refractivity contribution in [2.75, 3.05) is 5.73 Å². The topological polar surface area (TPSA) is 62.7 Å². The summed E-state index contributed by atoms with van der Waals surface area (Å²) in [7, 11) is 0. The van der Waals surface area contributed by atoms with Gasteiger partial charge in [-0.15, -0.1) is 0 Å². The van der Waals surface area contributed by atoms with Crippen molar-refractivity contribution >= 4 is 21.6 Å². The standard InChI is InChI=1S/C8H6BrF2N3/c9-7-4(1-2-12)3-5(13)6(14-7)8(10)11/h3,8H,1,13H2. The van der Waals surface area contributed by atoms with Crippen LogP contribution in [0.4, 0.5) is 14.5 Å². The van der Waals surface area contributed by atoms with Gasteiger partial charge >= 0.3 is 0 Å². The van der Waals surface area contributed by atoms with E-state index < -0.39 is 12.1 Å². The molecule has 0 aliphatic carbocycles. The summed E-state index contributed by atoms with van der Waals surface area (Å²) in [6.07, 6.45) is -2.62. The summed E-state index contributed by atoms with van der Waals surface area (Å²) in [4.78, 5) is 3.58. The Kier molecular flexibility index (Phi) is 3.36. The minimum absolute atomic E-state index is 0.0846. The first-order valence-electron chi connectivity index (χ1n) is 3.66. The number of pyridine rings is 1. The van der Waals surface area contributed by atoms with E-state index >= 15 is 0 Å². The molecule has 6 heteroatoms. The maximum atomic E-state index is 12.3. The highest BCUT2D eigenvalue weighted by Gasteiger charge is 2.15. The van der Waals surface area contributed by atoms with Crippen LogP contribution in [0.25, 0.3) is 0 Å². The molecule has 0 aliphatic rings. The number of hydrogen-bond donors (Lipinski definition) is 1. The molecule has 0 fully saturated rings. The fraction of sp³-hybridized carbons (Fsp3) is 0.250. The first kappa shape index (κ1) is 10.9. The van der Waals surface area contributed by atoms with Crippen LogP contribution >= 0.6 is 15.9 Å². The lowest BCUT2D eigenvalue weighted by Gasteiger charge is -2.06. The van der Waals surface area contributed by atoms with Crippen LogP contribution in [0.1, 0.15) is 17.7 Å². The van der Waals surface area contributed by atoms with Crippen LogP contribution in [0.5, 0.6) is 0 Å². The van der Waals surface area contributed by atoms with Gasteiger partial charge in [0, 0.05) is 5.56 Å². The summed E-state index contributed by atoms with van der Waals surface area (Å²) in [5.41, 5.74) is 5.31. The maximum Gasteiger partial charge on any atom is 0.282 e. The third-order valence-electron chi connectivity index (χ3n) is 1.59. The van der Waals surface area contributed by atoms with E-state index in [1.54, 1.807) is 0 Å². The molecule has 74 valence electrons. The fourth-order valence-corrected chi connectivity index (χ4v) is 1.39. The second kappa shape index (κ2) is 4.33. The zero-order valence-electron chi connectivity index (χ0n) is 6.97. The average Bonchev–Trinajstić information content (AvgIpc) is 2.10. The Labute approximate surface area is 87.7 Å². The maximum absolute atomic E-state index is 12.3. The van der Waals surface area contributed by atoms with Crippen LogP contribution in [0.15, 0.2) is 10.7 Å². The molecule has 14 heavy (non-hydrogen) atoms. The minimum Gasteiger partial charge on any atom is -0.397 e. The molecule has 1 aromatic rings. The summed E-state index contributed by atoms with van der Waals surface area (Å²) in [6, 6.07) is 3.22. The predicted molar refractivity (Wildman–Crippen MR) is 50.6 cm³/mol. The molecule has 1 aromatic heterocycles. The molecular formula is C8H6BrF2N3. The van der Waals surface area contributed by atoms with Crippen molar-refractivity contribution < 1.29 is 8.78 Å². The highest BCUT2D eigenvalue weighted by atomic mass is 79.9. The molecule has 0 amide bonds. The third-order valence-corrected chi connectivity index (χ3v) is 2.27. The number of hydrogen-bond acceptors (Lipinski definition) is 3. The number of aromatic nitrogens is 1. The number of nitrogens with zero attached hydrogens (tertiary/aromatic N) is 2. The van der Waals surface area contributed by atoms with Gasteiger partial charge in [-0.05, 0) is 22.0 Å². The van der Waals surface area contributed by atoms with Crippen molar-refractivity contribution in [2.45, 2.75) is 12.8 Å². The largest absolute Gasteiger partial charge is 0.397 e. The van der Waals surface area contributed by atoms with Crippen molar-refractivity contribution in [2.24, 2.45) is 0 Å². The van der Waals surface area contributed by atoms with Crippen molar-refractivity contribution in [3.8, 4) is 6.07 Å². The molecule has 0 saturated carbocycles. The van der Waals surface area contributed by atoms with Gasteiger partial charge in [0.05, 0.1) is 18.2 Å². The second-order valence-electron chi connectivity index (χ2n) is 2.55. The van der Waals surface area contributed by atoms with Crippen molar-refractivity contribution in [3.05, 3.63) is 21.9 Å². The van der Waals surface area contributed by atoms with E-state index in [-0.39, 0.29) is 16.7 Å². The van der Waals surface area contributed by atoms with Gasteiger partial charge in [-0.2, -0.15) is 5.26 Å². The summed E-state index contributed by atoms with van der Waals surface area (Å²) < 4.78 is 24.8. The van der Waals surface area contributed by atoms with Crippen molar-refractivity contribution in [1.29, 1.82) is 5.26 Å². The molecular weight excluding hydrogens is 256 g/mol. The van der Waals surface area contributed by atoms with E-state index in [9.17, 15) is 8.78 Å². The minimum atomic E-state index is -2.71. The van der Waals surface area contributed by atoms with Crippen molar-refractivity contribution in [1.82, 2.24) is 4.98 Å². The summed E-state index contributed by atoms with van der Waals surface area (Å²) >= 11 is 3.00. The van der Waals surface area contributed by atoms with E-state index in [1.165, 1.54) is 6.07 Å². The van der Waals surface area contributed by atoms with Gasteiger partial charge in [0.15, 0.2) is 0 Å². The second-order valence-corrected chi connectivity index (χ2v) is 3.30. The number of halogens is 3. The van der Waals surface area contributed by atoms with Crippen molar-refractivity contribution in [3.63, 3.8) is 0 Å². The van der Waals surface area contributed by atoms with Gasteiger partial charge in [0.1, 0.15) is 10.3 Å². The highest BCUT2D eigenvalue weighted by Crippen LogP contribution is 2.27. The lowest BCUT2D eigenvalue weighted by atomic mass is 10.2. The van der Waals surface area contributed by atoms with Crippen LogP contribution in [0.2, 0.25) is 0 Å². The Balaban J connectivity index is 3.18. The summed E-state index contributed by atoms with van der Waals surface area (Å²) in [5, 5.41) is 8.43. The lowest BCUT2D eigenvalue weighted by Crippen LogP contribution is -2.01. The molecule has 3 nitrogen and oxygen atoms in total. The normalized spacial score (nSPS) is 10.2. The predicted octanol–water partition coefficient (Wildman–Crippen LogP) is 2.43. The Morgan fingerprint density at radius 3 is 2.79 bits per heavy atom. The Morgan fingerprint density at radius 2 is 2.29 bits per heavy atom. The van der Waals surface area contributed by atoms with Gasteiger partial charge in [-0.1, -0.05) is 0 Å². The van der Waals surface area contributed by atoms with E-state index in [0.717, 1.165) is 0 Å². The summed E-state index contributed by atoms with van der Waals surface area (Å²) in [5.74, 6) is 0. The van der Waals surface area contributed by atoms with E-state index in [4.69, 9.17) is 11.0 Å². The average molecular weight is 262 g/mol. The Hall–Kier alpha value is -1.22. The zero-order chi connectivity index (χ0) is 10.7. The number of nitriles is 1. The Bertz CT molecular complexity index is 387. The first-order valence-corrected chi connectivity index (χ1v) is 4.45. The van der Waals surface area contributed by atoms with E-state index in [2.05, 4.69) is 20.9 Å². The smallest absolute Gasteiger partial charge is 0.282 e. The van der Waals surface area contributed by atoms with E-state index in [1.807, 2.05) is 6.07 Å². The monoisotopic (exact) mass is 261 g/mol. The quantitative estimate of drug-likeness (QED) is 0.832. The molecule has 1 rings (SSSR count). The fourth-order valence-electron chi connectivity index (χ4n) is 0.947. The molecule has 0 aliphatic heterocycles. The van der Waals surface area contributed by atoms with Crippen LogP contribution in [0.3, 0.4) is 0 Å². The first-order chi connectivity index (χ1) is 6.56. The molecule has 2 N–H and O–H groups in total. The van der Waals surface area contributed by atoms with Gasteiger partial charge in [-0.25, -0.2) is 13.8 Å².